The van der Waals surface area contributed by atoms with Crippen molar-refractivity contribution in [2.75, 3.05) is 13.2 Å². The molecule has 11 heteroatoms. The molecule has 0 saturated carbocycles. The van der Waals surface area contributed by atoms with Crippen LogP contribution in [0.2, 0.25) is 5.02 Å². The third kappa shape index (κ3) is 8.45. The van der Waals surface area contributed by atoms with Crippen LogP contribution in [-0.2, 0) is 55.7 Å². The number of aliphatic hydroxyl groups is 1. The quantitative estimate of drug-likeness (QED) is 0.115. The summed E-state index contributed by atoms with van der Waals surface area (Å²) in [5.74, 6) is -3.00. The Labute approximate surface area is 310 Å². The normalized spacial score (nSPS) is 23.7. The Bertz CT molecular complexity index is 1920. The van der Waals surface area contributed by atoms with Gasteiger partial charge in [0.15, 0.2) is 6.61 Å². The molecular formula is C42H38ClF3O7. The molecule has 3 aliphatic heterocycles. The Balaban J connectivity index is 1.23. The van der Waals surface area contributed by atoms with Crippen LogP contribution in [0.15, 0.2) is 133 Å². The van der Waals surface area contributed by atoms with Crippen LogP contribution >= 0.6 is 11.6 Å². The maximum absolute atomic E-state index is 12.7. The van der Waals surface area contributed by atoms with E-state index >= 15 is 0 Å². The molecule has 3 atom stereocenters. The maximum atomic E-state index is 12.7. The zero-order valence-corrected chi connectivity index (χ0v) is 29.3. The standard InChI is InChI=1S/C42H38ClF3O7/c43-36-21-18-34(23-33(36)22-29-16-19-35(20-17-29)51-28-41(44,45)46)42-39(50-26-32-14-8-3-9-15-32)37(48-24-30-10-4-1-5-11-30)38(40(27-47,52-42)53-42)49-25-31-12-6-2-7-13-31/h1-21,23,37-39,47H,22,24-28H2. The highest BCUT2D eigenvalue weighted by atomic mass is 35.5. The van der Waals surface area contributed by atoms with Gasteiger partial charge in [-0.05, 0) is 58.5 Å². The molecular weight excluding hydrogens is 709 g/mol. The van der Waals surface area contributed by atoms with Crippen molar-refractivity contribution in [3.05, 3.63) is 172 Å². The fourth-order valence-corrected chi connectivity index (χ4v) is 6.90. The Morgan fingerprint density at radius 3 is 1.70 bits per heavy atom. The second kappa shape index (κ2) is 16.0. The van der Waals surface area contributed by atoms with E-state index in [0.29, 0.717) is 22.6 Å². The van der Waals surface area contributed by atoms with Gasteiger partial charge in [-0.25, -0.2) is 0 Å². The number of alkyl halides is 3. The molecule has 0 amide bonds. The predicted molar refractivity (Wildman–Crippen MR) is 191 cm³/mol. The smallest absolute Gasteiger partial charge is 0.422 e. The lowest BCUT2D eigenvalue weighted by Gasteiger charge is -2.66. The van der Waals surface area contributed by atoms with Gasteiger partial charge in [-0.15, -0.1) is 0 Å². The molecule has 8 rings (SSSR count). The van der Waals surface area contributed by atoms with Crippen LogP contribution in [0.25, 0.3) is 0 Å². The van der Waals surface area contributed by atoms with Gasteiger partial charge in [-0.1, -0.05) is 121 Å². The van der Waals surface area contributed by atoms with Crippen LogP contribution in [0, 0.1) is 0 Å². The molecule has 53 heavy (non-hydrogen) atoms. The highest BCUT2D eigenvalue weighted by Gasteiger charge is 2.75. The minimum atomic E-state index is -4.44. The number of rotatable bonds is 15. The minimum absolute atomic E-state index is 0.104. The van der Waals surface area contributed by atoms with Gasteiger partial charge in [0.1, 0.15) is 30.7 Å². The molecule has 276 valence electrons. The van der Waals surface area contributed by atoms with Crippen LogP contribution in [0.5, 0.6) is 5.75 Å². The molecule has 7 nitrogen and oxygen atoms in total. The predicted octanol–water partition coefficient (Wildman–Crippen LogP) is 8.53. The lowest BCUT2D eigenvalue weighted by Crippen LogP contribution is -2.82. The van der Waals surface area contributed by atoms with Gasteiger partial charge in [0.2, 0.25) is 11.6 Å². The van der Waals surface area contributed by atoms with E-state index in [0.717, 1.165) is 22.3 Å². The first-order valence-electron chi connectivity index (χ1n) is 17.2. The number of ether oxygens (including phenoxy) is 6. The lowest BCUT2D eigenvalue weighted by atomic mass is 9.80. The molecule has 2 bridgehead atoms. The maximum Gasteiger partial charge on any atom is 0.422 e. The summed E-state index contributed by atoms with van der Waals surface area (Å²) in [6, 6.07) is 40.8. The number of hydrogen-bond acceptors (Lipinski definition) is 7. The molecule has 3 unspecified atom stereocenters. The molecule has 0 radical (unpaired) electrons. The fourth-order valence-electron chi connectivity index (χ4n) is 6.72. The third-order valence-corrected chi connectivity index (χ3v) is 9.64. The Kier molecular flexibility index (Phi) is 11.2. The van der Waals surface area contributed by atoms with E-state index in [4.69, 9.17) is 40.0 Å². The zero-order valence-electron chi connectivity index (χ0n) is 28.6. The molecule has 0 aromatic heterocycles. The van der Waals surface area contributed by atoms with Gasteiger partial charge >= 0.3 is 6.18 Å². The summed E-state index contributed by atoms with van der Waals surface area (Å²) in [5.41, 5.74) is 4.86. The topological polar surface area (TPSA) is 75.6 Å². The molecule has 3 aliphatic rings. The summed E-state index contributed by atoms with van der Waals surface area (Å²) >= 11 is 6.73. The lowest BCUT2D eigenvalue weighted by molar-refractivity contribution is -0.597. The van der Waals surface area contributed by atoms with Gasteiger partial charge in [0.25, 0.3) is 0 Å². The highest BCUT2D eigenvalue weighted by molar-refractivity contribution is 6.31. The van der Waals surface area contributed by atoms with Crippen molar-refractivity contribution in [1.82, 2.24) is 0 Å². The van der Waals surface area contributed by atoms with E-state index in [1.165, 1.54) is 12.1 Å². The Hall–Kier alpha value is -4.26. The van der Waals surface area contributed by atoms with E-state index < -0.39 is 49.3 Å². The first-order chi connectivity index (χ1) is 25.7. The van der Waals surface area contributed by atoms with E-state index in [9.17, 15) is 18.3 Å². The van der Waals surface area contributed by atoms with Crippen LogP contribution in [-0.4, -0.2) is 48.6 Å². The number of hydrogen-bond donors (Lipinski definition) is 1. The summed E-state index contributed by atoms with van der Waals surface area (Å²) in [4.78, 5) is 0. The summed E-state index contributed by atoms with van der Waals surface area (Å²) in [6.45, 7) is -1.26. The fraction of sp³-hybridized carbons (Fsp3) is 0.286. The van der Waals surface area contributed by atoms with Crippen LogP contribution in [0.3, 0.4) is 0 Å². The van der Waals surface area contributed by atoms with Crippen molar-refractivity contribution in [1.29, 1.82) is 0 Å². The third-order valence-electron chi connectivity index (χ3n) is 9.27. The monoisotopic (exact) mass is 746 g/mol. The minimum Gasteiger partial charge on any atom is -0.484 e. The van der Waals surface area contributed by atoms with Crippen molar-refractivity contribution >= 4 is 11.6 Å². The van der Waals surface area contributed by atoms with Gasteiger partial charge in [-0.3, -0.25) is 0 Å². The van der Waals surface area contributed by atoms with Gasteiger partial charge in [0.05, 0.1) is 19.8 Å². The number of benzene rings is 5. The van der Waals surface area contributed by atoms with Crippen LogP contribution in [0.4, 0.5) is 13.2 Å². The summed E-state index contributed by atoms with van der Waals surface area (Å²) in [7, 11) is 0. The van der Waals surface area contributed by atoms with Gasteiger partial charge in [0, 0.05) is 10.6 Å². The first kappa shape index (κ1) is 37.1. The summed E-state index contributed by atoms with van der Waals surface area (Å²) in [6.07, 6.45) is -6.66. The number of halogens is 4. The summed E-state index contributed by atoms with van der Waals surface area (Å²) < 4.78 is 76.3. The van der Waals surface area contributed by atoms with Gasteiger partial charge < -0.3 is 33.5 Å². The zero-order chi connectivity index (χ0) is 36.9. The van der Waals surface area contributed by atoms with Gasteiger partial charge in [-0.2, -0.15) is 13.2 Å². The van der Waals surface area contributed by atoms with E-state index in [-0.39, 0.29) is 25.6 Å². The van der Waals surface area contributed by atoms with Crippen LogP contribution in [0.1, 0.15) is 33.4 Å². The second-order valence-electron chi connectivity index (χ2n) is 13.1. The van der Waals surface area contributed by atoms with Crippen LogP contribution < -0.4 is 4.74 Å². The first-order valence-corrected chi connectivity index (χ1v) is 17.6. The summed E-state index contributed by atoms with van der Waals surface area (Å²) in [5, 5.41) is 11.4. The van der Waals surface area contributed by atoms with Crippen molar-refractivity contribution < 1.29 is 46.7 Å². The average Bonchev–Trinajstić information content (AvgIpc) is 3.16. The molecule has 5 aromatic carbocycles. The molecule has 0 spiro atoms. The number of fused-ring (bicyclic) bond motifs is 2. The van der Waals surface area contributed by atoms with Crippen molar-refractivity contribution in [3.8, 4) is 5.75 Å². The van der Waals surface area contributed by atoms with Crippen molar-refractivity contribution in [3.63, 3.8) is 0 Å². The van der Waals surface area contributed by atoms with Crippen molar-refractivity contribution in [2.24, 2.45) is 0 Å². The second-order valence-corrected chi connectivity index (χ2v) is 13.5. The molecule has 0 aliphatic carbocycles. The average molecular weight is 747 g/mol. The Morgan fingerprint density at radius 1 is 0.642 bits per heavy atom. The van der Waals surface area contributed by atoms with E-state index in [1.54, 1.807) is 24.3 Å². The largest absolute Gasteiger partial charge is 0.484 e. The van der Waals surface area contributed by atoms with Crippen molar-refractivity contribution in [2.45, 2.75) is 62.3 Å². The molecule has 3 heterocycles. The molecule has 1 N–H and O–H groups in total. The highest BCUT2D eigenvalue weighted by Crippen LogP contribution is 2.58. The Morgan fingerprint density at radius 2 is 1.17 bits per heavy atom. The molecule has 3 saturated heterocycles. The van der Waals surface area contributed by atoms with E-state index in [1.807, 2.05) is 97.1 Å². The van der Waals surface area contributed by atoms with E-state index in [2.05, 4.69) is 0 Å². The SMILES string of the molecule is OCC12OC(c3ccc(Cl)c(Cc4ccc(OCC(F)(F)F)cc4)c3)(O1)C(OCc1ccccc1)C(OCc1ccccc1)C2OCc1ccccc1. The molecule has 5 aromatic rings. The molecule has 3 fully saturated rings. The number of aliphatic hydroxyl groups excluding tert-OH is 1.